The zero-order chi connectivity index (χ0) is 16.0. The molecule has 0 fully saturated rings. The fourth-order valence-electron chi connectivity index (χ4n) is 3.00. The number of pyridine rings is 2. The van der Waals surface area contributed by atoms with Crippen LogP contribution in [0.1, 0.15) is 24.2 Å². The van der Waals surface area contributed by atoms with Crippen LogP contribution in [0.25, 0.3) is 33.2 Å². The number of aryl methyl sites for hydroxylation is 1. The molecule has 23 heavy (non-hydrogen) atoms. The molecule has 4 rings (SSSR count). The van der Waals surface area contributed by atoms with Crippen LogP contribution in [0, 0.1) is 6.92 Å². The van der Waals surface area contributed by atoms with Gasteiger partial charge in [-0.2, -0.15) is 0 Å². The summed E-state index contributed by atoms with van der Waals surface area (Å²) in [4.78, 5) is 8.68. The highest BCUT2D eigenvalue weighted by Crippen LogP contribution is 2.37. The minimum Gasteiger partial charge on any atom is -0.453 e. The second-order valence-corrected chi connectivity index (χ2v) is 5.79. The molecule has 0 aliphatic carbocycles. The van der Waals surface area contributed by atoms with Crippen LogP contribution < -0.4 is 0 Å². The van der Waals surface area contributed by atoms with Crippen molar-refractivity contribution < 1.29 is 9.52 Å². The van der Waals surface area contributed by atoms with Gasteiger partial charge in [-0.25, -0.2) is 0 Å². The Labute approximate surface area is 133 Å². The van der Waals surface area contributed by atoms with Crippen LogP contribution in [0.3, 0.4) is 0 Å². The summed E-state index contributed by atoms with van der Waals surface area (Å²) < 4.78 is 6.14. The van der Waals surface area contributed by atoms with Crippen LogP contribution in [-0.2, 0) is 0 Å². The van der Waals surface area contributed by atoms with E-state index in [1.54, 1.807) is 19.3 Å². The summed E-state index contributed by atoms with van der Waals surface area (Å²) >= 11 is 0. The van der Waals surface area contributed by atoms with Crippen LogP contribution >= 0.6 is 0 Å². The number of furan rings is 1. The van der Waals surface area contributed by atoms with Crippen LogP contribution in [0.4, 0.5) is 0 Å². The molecule has 1 aromatic carbocycles. The maximum Gasteiger partial charge on any atom is 0.161 e. The Kier molecular flexibility index (Phi) is 3.13. The second kappa shape index (κ2) is 5.18. The minimum absolute atomic E-state index is 0.597. The zero-order valence-electron chi connectivity index (χ0n) is 12.9. The van der Waals surface area contributed by atoms with Gasteiger partial charge in [-0.3, -0.25) is 9.97 Å². The predicted molar refractivity (Wildman–Crippen MR) is 90.1 cm³/mol. The number of rotatable bonds is 2. The van der Waals surface area contributed by atoms with Crippen molar-refractivity contribution >= 4 is 22.1 Å². The number of fused-ring (bicyclic) bond motifs is 3. The second-order valence-electron chi connectivity index (χ2n) is 5.79. The van der Waals surface area contributed by atoms with Gasteiger partial charge in [0.05, 0.1) is 6.10 Å². The average Bonchev–Trinajstić information content (AvgIpc) is 2.93. The Morgan fingerprint density at radius 3 is 2.74 bits per heavy atom. The van der Waals surface area contributed by atoms with Gasteiger partial charge in [0.15, 0.2) is 5.58 Å². The molecule has 3 aromatic heterocycles. The van der Waals surface area contributed by atoms with E-state index >= 15 is 0 Å². The number of aliphatic hydroxyl groups is 1. The molecule has 0 saturated carbocycles. The third-order valence-corrected chi connectivity index (χ3v) is 4.05. The van der Waals surface area contributed by atoms with Crippen molar-refractivity contribution in [3.05, 3.63) is 60.0 Å². The molecule has 4 aromatic rings. The maximum atomic E-state index is 10.1. The molecule has 1 atom stereocenters. The van der Waals surface area contributed by atoms with E-state index in [1.807, 2.05) is 43.5 Å². The highest BCUT2D eigenvalue weighted by atomic mass is 16.3. The Morgan fingerprint density at radius 1 is 1.13 bits per heavy atom. The Hall–Kier alpha value is -2.72. The van der Waals surface area contributed by atoms with E-state index in [1.165, 1.54) is 0 Å². The summed E-state index contributed by atoms with van der Waals surface area (Å²) in [6, 6.07) is 9.83. The summed E-state index contributed by atoms with van der Waals surface area (Å²) in [6.07, 6.45) is 4.74. The standard InChI is InChI=1S/C19H16N2O2/c1-11-8-15(12(2)22)18-16(9-11)17-19(23-18)14(5-7-21-17)13-4-3-6-20-10-13/h3-10,12,22H,1-2H3. The van der Waals surface area contributed by atoms with Gasteiger partial charge >= 0.3 is 0 Å². The molecule has 0 radical (unpaired) electrons. The number of benzene rings is 1. The summed E-state index contributed by atoms with van der Waals surface area (Å²) in [5, 5.41) is 11.0. The zero-order valence-corrected chi connectivity index (χ0v) is 12.9. The molecule has 1 N–H and O–H groups in total. The fourth-order valence-corrected chi connectivity index (χ4v) is 3.00. The van der Waals surface area contributed by atoms with Crippen molar-refractivity contribution in [1.82, 2.24) is 9.97 Å². The molecule has 0 amide bonds. The number of aromatic nitrogens is 2. The lowest BCUT2D eigenvalue weighted by molar-refractivity contribution is 0.199. The number of nitrogens with zero attached hydrogens (tertiary/aromatic N) is 2. The molecule has 114 valence electrons. The normalized spacial score (nSPS) is 12.8. The van der Waals surface area contributed by atoms with Crippen LogP contribution in [0.5, 0.6) is 0 Å². The largest absolute Gasteiger partial charge is 0.453 e. The molecule has 0 spiro atoms. The first kappa shape index (κ1) is 13.9. The minimum atomic E-state index is -0.597. The van der Waals surface area contributed by atoms with E-state index in [2.05, 4.69) is 9.97 Å². The monoisotopic (exact) mass is 304 g/mol. The van der Waals surface area contributed by atoms with Crippen molar-refractivity contribution in [2.75, 3.05) is 0 Å². The molecule has 4 nitrogen and oxygen atoms in total. The Balaban J connectivity index is 2.12. The van der Waals surface area contributed by atoms with Crippen LogP contribution in [0.15, 0.2) is 53.3 Å². The lowest BCUT2D eigenvalue weighted by Crippen LogP contribution is -1.92. The van der Waals surface area contributed by atoms with E-state index in [4.69, 9.17) is 4.42 Å². The lowest BCUT2D eigenvalue weighted by Gasteiger charge is -2.06. The van der Waals surface area contributed by atoms with E-state index < -0.39 is 6.10 Å². The summed E-state index contributed by atoms with van der Waals surface area (Å²) in [6.45, 7) is 3.76. The summed E-state index contributed by atoms with van der Waals surface area (Å²) in [5.41, 5.74) is 6.03. The van der Waals surface area contributed by atoms with Crippen molar-refractivity contribution in [2.45, 2.75) is 20.0 Å². The van der Waals surface area contributed by atoms with Gasteiger partial charge in [-0.05, 0) is 43.7 Å². The number of hydrogen-bond donors (Lipinski definition) is 1. The van der Waals surface area contributed by atoms with Gasteiger partial charge in [-0.15, -0.1) is 0 Å². The van der Waals surface area contributed by atoms with E-state index in [-0.39, 0.29) is 0 Å². The number of aliphatic hydroxyl groups excluding tert-OH is 1. The molecular weight excluding hydrogens is 288 g/mol. The van der Waals surface area contributed by atoms with Crippen LogP contribution in [0.2, 0.25) is 0 Å². The smallest absolute Gasteiger partial charge is 0.161 e. The first-order valence-electron chi connectivity index (χ1n) is 7.55. The molecule has 1 unspecified atom stereocenters. The molecular formula is C19H16N2O2. The quantitative estimate of drug-likeness (QED) is 0.596. The summed E-state index contributed by atoms with van der Waals surface area (Å²) in [5.74, 6) is 0. The van der Waals surface area contributed by atoms with E-state index in [9.17, 15) is 5.11 Å². The van der Waals surface area contributed by atoms with Crippen molar-refractivity contribution in [2.24, 2.45) is 0 Å². The molecule has 4 heteroatoms. The molecule has 3 heterocycles. The molecule has 0 bridgehead atoms. The molecule has 0 aliphatic rings. The van der Waals surface area contributed by atoms with E-state index in [0.29, 0.717) is 5.58 Å². The van der Waals surface area contributed by atoms with Gasteiger partial charge in [-0.1, -0.05) is 6.07 Å². The first-order valence-corrected chi connectivity index (χ1v) is 7.55. The molecule has 0 saturated heterocycles. The third-order valence-electron chi connectivity index (χ3n) is 4.05. The maximum absolute atomic E-state index is 10.1. The van der Waals surface area contributed by atoms with Crippen molar-refractivity contribution in [3.8, 4) is 11.1 Å². The highest BCUT2D eigenvalue weighted by Gasteiger charge is 2.18. The molecule has 0 aliphatic heterocycles. The summed E-state index contributed by atoms with van der Waals surface area (Å²) in [7, 11) is 0. The van der Waals surface area contributed by atoms with Gasteiger partial charge in [0, 0.05) is 40.7 Å². The Bertz CT molecular complexity index is 1000. The number of hydrogen-bond acceptors (Lipinski definition) is 4. The third kappa shape index (κ3) is 2.19. The Morgan fingerprint density at radius 2 is 2.00 bits per heavy atom. The highest BCUT2D eigenvalue weighted by molar-refractivity contribution is 6.08. The van der Waals surface area contributed by atoms with Gasteiger partial charge in [0.25, 0.3) is 0 Å². The van der Waals surface area contributed by atoms with Gasteiger partial charge in [0.2, 0.25) is 0 Å². The van der Waals surface area contributed by atoms with Gasteiger partial charge < -0.3 is 9.52 Å². The van der Waals surface area contributed by atoms with Crippen molar-refractivity contribution in [3.63, 3.8) is 0 Å². The topological polar surface area (TPSA) is 59.2 Å². The lowest BCUT2D eigenvalue weighted by atomic mass is 10.0. The van der Waals surface area contributed by atoms with Crippen LogP contribution in [-0.4, -0.2) is 15.1 Å². The van der Waals surface area contributed by atoms with Crippen molar-refractivity contribution in [1.29, 1.82) is 0 Å². The average molecular weight is 304 g/mol. The fraction of sp³-hybridized carbons (Fsp3) is 0.158. The van der Waals surface area contributed by atoms with E-state index in [0.717, 1.165) is 38.7 Å². The first-order chi connectivity index (χ1) is 11.1. The predicted octanol–water partition coefficient (Wildman–Crippen LogP) is 4.40. The van der Waals surface area contributed by atoms with Gasteiger partial charge in [0.1, 0.15) is 11.1 Å². The SMILES string of the molecule is Cc1cc(C(C)O)c2oc3c(-c4cccnc4)ccnc3c2c1.